The van der Waals surface area contributed by atoms with Crippen LogP contribution in [0.4, 0.5) is 10.5 Å². The number of fused-ring (bicyclic) bond motifs is 1. The first-order valence-electron chi connectivity index (χ1n) is 7.31. The number of anilines is 1. The van der Waals surface area contributed by atoms with Gasteiger partial charge in [0.05, 0.1) is 11.2 Å². The number of benzene rings is 1. The van der Waals surface area contributed by atoms with Crippen LogP contribution < -0.4 is 5.32 Å². The minimum absolute atomic E-state index is 0.443. The number of rotatable bonds is 2. The predicted molar refractivity (Wildman–Crippen MR) is 83.6 cm³/mol. The minimum atomic E-state index is -0.508. The quantitative estimate of drug-likeness (QED) is 0.885. The van der Waals surface area contributed by atoms with Gasteiger partial charge < -0.3 is 4.74 Å². The van der Waals surface area contributed by atoms with Crippen molar-refractivity contribution < 1.29 is 9.53 Å². The number of carbonyl (C=O) groups is 1. The Labute approximate surface area is 124 Å². The first-order chi connectivity index (χ1) is 9.92. The van der Waals surface area contributed by atoms with E-state index in [-0.39, 0.29) is 0 Å². The van der Waals surface area contributed by atoms with E-state index in [1.807, 2.05) is 26.8 Å². The van der Waals surface area contributed by atoms with Crippen LogP contribution >= 0.6 is 0 Å². The lowest BCUT2D eigenvalue weighted by atomic mass is 10.1. The van der Waals surface area contributed by atoms with Gasteiger partial charge in [0.15, 0.2) is 0 Å². The van der Waals surface area contributed by atoms with Crippen LogP contribution in [0.3, 0.4) is 0 Å². The standard InChI is InChI=1S/C17H20N2O2/c1-17(2,3)21-16(20)19-14-8-9-18-15-10-12(11-4-5-11)6-7-13(14)15/h6-11H,4-5H2,1-3H3,(H,18,19,20). The number of nitrogens with zero attached hydrogens (tertiary/aromatic N) is 1. The molecule has 0 bridgehead atoms. The summed E-state index contributed by atoms with van der Waals surface area (Å²) in [6.45, 7) is 5.54. The Balaban J connectivity index is 1.86. The summed E-state index contributed by atoms with van der Waals surface area (Å²) < 4.78 is 5.29. The van der Waals surface area contributed by atoms with Crippen molar-refractivity contribution in [2.24, 2.45) is 0 Å². The molecule has 1 heterocycles. The lowest BCUT2D eigenvalue weighted by Crippen LogP contribution is -2.27. The molecule has 0 unspecified atom stereocenters. The number of ether oxygens (including phenoxy) is 1. The molecule has 1 aromatic carbocycles. The van der Waals surface area contributed by atoms with Crippen LogP contribution in [0.2, 0.25) is 0 Å². The van der Waals surface area contributed by atoms with Crippen molar-refractivity contribution >= 4 is 22.7 Å². The average molecular weight is 284 g/mol. The largest absolute Gasteiger partial charge is 0.444 e. The molecule has 0 atom stereocenters. The van der Waals surface area contributed by atoms with Crippen LogP contribution in [-0.4, -0.2) is 16.7 Å². The maximum Gasteiger partial charge on any atom is 0.412 e. The van der Waals surface area contributed by atoms with Crippen LogP contribution in [0.15, 0.2) is 30.5 Å². The highest BCUT2D eigenvalue weighted by atomic mass is 16.6. The van der Waals surface area contributed by atoms with E-state index >= 15 is 0 Å². The van der Waals surface area contributed by atoms with Gasteiger partial charge in [0.1, 0.15) is 5.60 Å². The zero-order valence-electron chi connectivity index (χ0n) is 12.6. The number of carbonyl (C=O) groups excluding carboxylic acids is 1. The van der Waals surface area contributed by atoms with Gasteiger partial charge in [0.2, 0.25) is 0 Å². The summed E-state index contributed by atoms with van der Waals surface area (Å²) in [5, 5.41) is 3.74. The van der Waals surface area contributed by atoms with Gasteiger partial charge in [-0.1, -0.05) is 12.1 Å². The second-order valence-electron chi connectivity index (χ2n) is 6.54. The molecule has 1 N–H and O–H groups in total. The molecule has 21 heavy (non-hydrogen) atoms. The molecule has 1 aliphatic rings. The van der Waals surface area contributed by atoms with Crippen LogP contribution in [0, 0.1) is 0 Å². The zero-order valence-corrected chi connectivity index (χ0v) is 12.6. The first kappa shape index (κ1) is 13.9. The van der Waals surface area contributed by atoms with E-state index in [1.165, 1.54) is 18.4 Å². The first-order valence-corrected chi connectivity index (χ1v) is 7.31. The minimum Gasteiger partial charge on any atom is -0.444 e. The van der Waals surface area contributed by atoms with E-state index in [1.54, 1.807) is 12.3 Å². The van der Waals surface area contributed by atoms with Crippen LogP contribution in [-0.2, 0) is 4.74 Å². The highest BCUT2D eigenvalue weighted by molar-refractivity contribution is 5.98. The second kappa shape index (κ2) is 5.02. The lowest BCUT2D eigenvalue weighted by molar-refractivity contribution is 0.0636. The lowest BCUT2D eigenvalue weighted by Gasteiger charge is -2.20. The van der Waals surface area contributed by atoms with Crippen LogP contribution in [0.1, 0.15) is 45.1 Å². The number of hydrogen-bond acceptors (Lipinski definition) is 3. The van der Waals surface area contributed by atoms with Gasteiger partial charge in [0.25, 0.3) is 0 Å². The SMILES string of the molecule is CC(C)(C)OC(=O)Nc1ccnc2cc(C3CC3)ccc12. The van der Waals surface area contributed by atoms with Crippen molar-refractivity contribution in [1.29, 1.82) is 0 Å². The molecular weight excluding hydrogens is 264 g/mol. The smallest absolute Gasteiger partial charge is 0.412 e. The Bertz CT molecular complexity index is 685. The molecular formula is C17H20N2O2. The number of amides is 1. The van der Waals surface area contributed by atoms with E-state index in [9.17, 15) is 4.79 Å². The Hall–Kier alpha value is -2.10. The summed E-state index contributed by atoms with van der Waals surface area (Å²) >= 11 is 0. The van der Waals surface area contributed by atoms with Crippen LogP contribution in [0.5, 0.6) is 0 Å². The van der Waals surface area contributed by atoms with E-state index in [0.29, 0.717) is 5.92 Å². The van der Waals surface area contributed by atoms with Gasteiger partial charge in [-0.05, 0) is 57.2 Å². The molecule has 0 aliphatic heterocycles. The third-order valence-corrected chi connectivity index (χ3v) is 3.45. The maximum atomic E-state index is 11.9. The fraction of sp³-hybridized carbons (Fsp3) is 0.412. The van der Waals surface area contributed by atoms with Gasteiger partial charge in [0, 0.05) is 11.6 Å². The monoisotopic (exact) mass is 284 g/mol. The third-order valence-electron chi connectivity index (χ3n) is 3.45. The summed E-state index contributed by atoms with van der Waals surface area (Å²) in [6, 6.07) is 8.07. The van der Waals surface area contributed by atoms with Crippen molar-refractivity contribution in [1.82, 2.24) is 4.98 Å². The van der Waals surface area contributed by atoms with E-state index < -0.39 is 11.7 Å². The topological polar surface area (TPSA) is 51.2 Å². The molecule has 0 radical (unpaired) electrons. The molecule has 110 valence electrons. The molecule has 1 aromatic heterocycles. The predicted octanol–water partition coefficient (Wildman–Crippen LogP) is 4.46. The average Bonchev–Trinajstić information content (AvgIpc) is 3.20. The molecule has 1 aliphatic carbocycles. The van der Waals surface area contributed by atoms with Crippen LogP contribution in [0.25, 0.3) is 10.9 Å². The zero-order chi connectivity index (χ0) is 15.0. The molecule has 0 spiro atoms. The molecule has 4 nitrogen and oxygen atoms in total. The summed E-state index contributed by atoms with van der Waals surface area (Å²) in [5.74, 6) is 0.693. The van der Waals surface area contributed by atoms with Gasteiger partial charge in [-0.2, -0.15) is 0 Å². The maximum absolute atomic E-state index is 11.9. The number of pyridine rings is 1. The van der Waals surface area contributed by atoms with Crippen molar-refractivity contribution in [3.8, 4) is 0 Å². The fourth-order valence-electron chi connectivity index (χ4n) is 2.36. The normalized spacial score (nSPS) is 15.0. The van der Waals surface area contributed by atoms with Crippen molar-refractivity contribution in [3.05, 3.63) is 36.0 Å². The third kappa shape index (κ3) is 3.32. The van der Waals surface area contributed by atoms with E-state index in [0.717, 1.165) is 16.6 Å². The molecule has 1 amide bonds. The Morgan fingerprint density at radius 2 is 2.05 bits per heavy atom. The summed E-state index contributed by atoms with van der Waals surface area (Å²) in [5.41, 5.74) is 2.47. The molecule has 3 rings (SSSR count). The van der Waals surface area contributed by atoms with Gasteiger partial charge in [-0.3, -0.25) is 10.3 Å². The van der Waals surface area contributed by atoms with Crippen molar-refractivity contribution in [3.63, 3.8) is 0 Å². The molecule has 1 fully saturated rings. The van der Waals surface area contributed by atoms with E-state index in [2.05, 4.69) is 22.4 Å². The number of aromatic nitrogens is 1. The molecule has 2 aromatic rings. The number of nitrogens with one attached hydrogen (secondary N) is 1. The van der Waals surface area contributed by atoms with Crippen molar-refractivity contribution in [2.45, 2.75) is 45.1 Å². The molecule has 1 saturated carbocycles. The molecule has 0 saturated heterocycles. The Kier molecular flexibility index (Phi) is 3.32. The van der Waals surface area contributed by atoms with Gasteiger partial charge in [-0.25, -0.2) is 4.79 Å². The fourth-order valence-corrected chi connectivity index (χ4v) is 2.36. The highest BCUT2D eigenvalue weighted by Crippen LogP contribution is 2.41. The van der Waals surface area contributed by atoms with Gasteiger partial charge in [-0.15, -0.1) is 0 Å². The second-order valence-corrected chi connectivity index (χ2v) is 6.54. The molecule has 4 heteroatoms. The Morgan fingerprint density at radius 1 is 1.29 bits per heavy atom. The summed E-state index contributed by atoms with van der Waals surface area (Å²) in [6.07, 6.45) is 3.80. The Morgan fingerprint density at radius 3 is 2.71 bits per heavy atom. The van der Waals surface area contributed by atoms with Gasteiger partial charge >= 0.3 is 6.09 Å². The van der Waals surface area contributed by atoms with Crippen molar-refractivity contribution in [2.75, 3.05) is 5.32 Å². The van der Waals surface area contributed by atoms with E-state index in [4.69, 9.17) is 4.74 Å². The summed E-state index contributed by atoms with van der Waals surface area (Å²) in [4.78, 5) is 16.3. The number of hydrogen-bond donors (Lipinski definition) is 1. The summed E-state index contributed by atoms with van der Waals surface area (Å²) in [7, 11) is 0. The highest BCUT2D eigenvalue weighted by Gasteiger charge is 2.24.